The van der Waals surface area contributed by atoms with Crippen LogP contribution in [0.5, 0.6) is 0 Å². The van der Waals surface area contributed by atoms with Crippen molar-refractivity contribution in [2.75, 3.05) is 17.2 Å². The smallest absolute Gasteiger partial charge is 0.237 e. The van der Waals surface area contributed by atoms with Crippen molar-refractivity contribution in [2.24, 2.45) is 0 Å². The summed E-state index contributed by atoms with van der Waals surface area (Å²) in [6.45, 7) is 2.72. The molecule has 30 heavy (non-hydrogen) atoms. The van der Waals surface area contributed by atoms with Crippen LogP contribution in [0.3, 0.4) is 0 Å². The maximum Gasteiger partial charge on any atom is 0.237 e. The number of amides is 1. The van der Waals surface area contributed by atoms with Crippen LogP contribution in [0.4, 0.5) is 5.69 Å². The van der Waals surface area contributed by atoms with Crippen LogP contribution in [0.1, 0.15) is 10.6 Å². The molecule has 6 nitrogen and oxygen atoms in total. The van der Waals surface area contributed by atoms with Crippen LogP contribution in [0.2, 0.25) is 0 Å². The average Bonchev–Trinajstić information content (AvgIpc) is 3.51. The summed E-state index contributed by atoms with van der Waals surface area (Å²) < 4.78 is 1.72. The van der Waals surface area contributed by atoms with Gasteiger partial charge in [-0.3, -0.25) is 4.79 Å². The van der Waals surface area contributed by atoms with E-state index in [0.717, 1.165) is 34.1 Å². The zero-order chi connectivity index (χ0) is 20.5. The van der Waals surface area contributed by atoms with Gasteiger partial charge in [-0.1, -0.05) is 36.0 Å². The number of carbonyl (C=O) groups is 1. The molecule has 8 heteroatoms. The Bertz CT molecular complexity index is 1200. The van der Waals surface area contributed by atoms with Crippen LogP contribution in [-0.4, -0.2) is 38.0 Å². The van der Waals surface area contributed by atoms with E-state index in [2.05, 4.69) is 32.6 Å². The van der Waals surface area contributed by atoms with Gasteiger partial charge < -0.3 is 4.90 Å². The second-order valence-corrected chi connectivity index (χ2v) is 8.99. The molecule has 2 aromatic carbocycles. The van der Waals surface area contributed by atoms with Crippen molar-refractivity contribution in [3.8, 4) is 16.9 Å². The van der Waals surface area contributed by atoms with Gasteiger partial charge in [-0.2, -0.15) is 0 Å². The van der Waals surface area contributed by atoms with Gasteiger partial charge in [0.2, 0.25) is 11.1 Å². The third kappa shape index (κ3) is 3.76. The molecule has 1 amide bonds. The first-order chi connectivity index (χ1) is 14.7. The predicted octanol–water partition coefficient (Wildman–Crippen LogP) is 4.38. The van der Waals surface area contributed by atoms with Crippen molar-refractivity contribution >= 4 is 34.7 Å². The molecule has 0 N–H and O–H groups in total. The van der Waals surface area contributed by atoms with E-state index in [1.807, 2.05) is 48.2 Å². The molecule has 0 aliphatic carbocycles. The van der Waals surface area contributed by atoms with E-state index in [1.165, 1.54) is 17.3 Å². The molecule has 1 aliphatic rings. The van der Waals surface area contributed by atoms with E-state index in [0.29, 0.717) is 17.5 Å². The highest BCUT2D eigenvalue weighted by Crippen LogP contribution is 2.33. The lowest BCUT2D eigenvalue weighted by molar-refractivity contribution is -0.116. The Morgan fingerprint density at radius 2 is 2.07 bits per heavy atom. The van der Waals surface area contributed by atoms with E-state index in [1.54, 1.807) is 22.3 Å². The third-order valence-electron chi connectivity index (χ3n) is 5.01. The molecule has 0 bridgehead atoms. The number of nitrogens with zero attached hydrogens (tertiary/aromatic N) is 5. The number of para-hydroxylation sites is 1. The minimum atomic E-state index is 0.0760. The number of thioether (sulfide) groups is 1. The second-order valence-electron chi connectivity index (χ2n) is 6.99. The fourth-order valence-corrected chi connectivity index (χ4v) is 4.84. The number of aryl methyl sites for hydroxylation is 1. The predicted molar refractivity (Wildman–Crippen MR) is 120 cm³/mol. The number of anilines is 1. The molecular weight excluding hydrogens is 414 g/mol. The summed E-state index contributed by atoms with van der Waals surface area (Å²) in [5.41, 5.74) is 5.25. The maximum atomic E-state index is 12.8. The standard InChI is InChI=1S/C22H19N5OS2/c1-15-24-19(12-29-15)16-7-8-20-17(11-16)9-10-26(20)21(28)13-30-22-23-14-27(25-22)18-5-3-2-4-6-18/h2-8,11-12,14H,9-10,13H2,1H3. The lowest BCUT2D eigenvalue weighted by atomic mass is 10.1. The van der Waals surface area contributed by atoms with Gasteiger partial charge in [-0.25, -0.2) is 14.6 Å². The Balaban J connectivity index is 1.26. The molecule has 0 radical (unpaired) electrons. The van der Waals surface area contributed by atoms with Crippen molar-refractivity contribution < 1.29 is 4.79 Å². The van der Waals surface area contributed by atoms with E-state index in [9.17, 15) is 4.79 Å². The largest absolute Gasteiger partial charge is 0.311 e. The van der Waals surface area contributed by atoms with Crippen LogP contribution in [0, 0.1) is 6.92 Å². The first-order valence-electron chi connectivity index (χ1n) is 9.63. The highest BCUT2D eigenvalue weighted by atomic mass is 32.2. The summed E-state index contributed by atoms with van der Waals surface area (Å²) in [5.74, 6) is 0.387. The molecule has 4 aromatic rings. The zero-order valence-electron chi connectivity index (χ0n) is 16.4. The Morgan fingerprint density at radius 1 is 1.20 bits per heavy atom. The summed E-state index contributed by atoms with van der Waals surface area (Å²) in [5, 5.41) is 8.19. The van der Waals surface area contributed by atoms with Crippen LogP contribution >= 0.6 is 23.1 Å². The van der Waals surface area contributed by atoms with Crippen molar-refractivity contribution in [2.45, 2.75) is 18.5 Å². The molecule has 0 saturated heterocycles. The zero-order valence-corrected chi connectivity index (χ0v) is 18.0. The first-order valence-corrected chi connectivity index (χ1v) is 11.5. The summed E-state index contributed by atoms with van der Waals surface area (Å²) in [6.07, 6.45) is 2.54. The number of rotatable bonds is 5. The van der Waals surface area contributed by atoms with Gasteiger partial charge in [0.1, 0.15) is 6.33 Å². The van der Waals surface area contributed by atoms with Crippen molar-refractivity contribution in [1.29, 1.82) is 0 Å². The van der Waals surface area contributed by atoms with Gasteiger partial charge in [-0.05, 0) is 43.2 Å². The quantitative estimate of drug-likeness (QED) is 0.437. The van der Waals surface area contributed by atoms with Crippen molar-refractivity contribution in [3.05, 3.63) is 70.8 Å². The van der Waals surface area contributed by atoms with Crippen molar-refractivity contribution in [1.82, 2.24) is 19.7 Å². The Hall–Kier alpha value is -2.97. The summed E-state index contributed by atoms with van der Waals surface area (Å²) in [7, 11) is 0. The van der Waals surface area contributed by atoms with E-state index < -0.39 is 0 Å². The molecule has 0 unspecified atom stereocenters. The molecule has 5 rings (SSSR count). The van der Waals surface area contributed by atoms with E-state index in [-0.39, 0.29) is 5.91 Å². The third-order valence-corrected chi connectivity index (χ3v) is 6.62. The fraction of sp³-hybridized carbons (Fsp3) is 0.182. The van der Waals surface area contributed by atoms with Gasteiger partial charge >= 0.3 is 0 Å². The maximum absolute atomic E-state index is 12.8. The van der Waals surface area contributed by atoms with Crippen LogP contribution in [-0.2, 0) is 11.2 Å². The Labute approximate surface area is 182 Å². The van der Waals surface area contributed by atoms with Gasteiger partial charge in [0.05, 0.1) is 22.1 Å². The minimum Gasteiger partial charge on any atom is -0.311 e. The summed E-state index contributed by atoms with van der Waals surface area (Å²) >= 11 is 3.02. The molecule has 2 aromatic heterocycles. The highest BCUT2D eigenvalue weighted by Gasteiger charge is 2.25. The topological polar surface area (TPSA) is 63.9 Å². The normalized spacial score (nSPS) is 12.9. The number of benzene rings is 2. The summed E-state index contributed by atoms with van der Waals surface area (Å²) in [4.78, 5) is 23.6. The molecule has 0 saturated carbocycles. The number of carbonyl (C=O) groups excluding carboxylic acids is 1. The van der Waals surface area contributed by atoms with Crippen molar-refractivity contribution in [3.63, 3.8) is 0 Å². The Kier molecular flexibility index (Phi) is 5.10. The number of hydrogen-bond donors (Lipinski definition) is 0. The number of thiazole rings is 1. The van der Waals surface area contributed by atoms with E-state index in [4.69, 9.17) is 0 Å². The molecular formula is C22H19N5OS2. The summed E-state index contributed by atoms with van der Waals surface area (Å²) in [6, 6.07) is 16.1. The lowest BCUT2D eigenvalue weighted by Gasteiger charge is -2.17. The SMILES string of the molecule is Cc1nc(-c2ccc3c(c2)CCN3C(=O)CSc2ncn(-c3ccccc3)n2)cs1. The number of hydrogen-bond acceptors (Lipinski definition) is 6. The highest BCUT2D eigenvalue weighted by molar-refractivity contribution is 7.99. The van der Waals surface area contributed by atoms with Crippen LogP contribution in [0.15, 0.2) is 65.4 Å². The average molecular weight is 434 g/mol. The second kappa shape index (κ2) is 8.04. The molecule has 0 fully saturated rings. The molecule has 1 aliphatic heterocycles. The minimum absolute atomic E-state index is 0.0760. The Morgan fingerprint density at radius 3 is 2.87 bits per heavy atom. The lowest BCUT2D eigenvalue weighted by Crippen LogP contribution is -2.30. The van der Waals surface area contributed by atoms with Crippen LogP contribution in [0.25, 0.3) is 16.9 Å². The van der Waals surface area contributed by atoms with E-state index >= 15 is 0 Å². The molecule has 150 valence electrons. The number of aromatic nitrogens is 4. The monoisotopic (exact) mass is 433 g/mol. The van der Waals surface area contributed by atoms with Gasteiger partial charge in [0, 0.05) is 23.2 Å². The molecule has 0 atom stereocenters. The number of fused-ring (bicyclic) bond motifs is 1. The van der Waals surface area contributed by atoms with Gasteiger partial charge in [0.25, 0.3) is 0 Å². The fourth-order valence-electron chi connectivity index (χ4n) is 3.54. The molecule has 3 heterocycles. The van der Waals surface area contributed by atoms with Gasteiger partial charge in [-0.15, -0.1) is 16.4 Å². The van der Waals surface area contributed by atoms with Gasteiger partial charge in [0.15, 0.2) is 0 Å². The van der Waals surface area contributed by atoms with Crippen LogP contribution < -0.4 is 4.90 Å². The first kappa shape index (κ1) is 19.0. The molecule has 0 spiro atoms.